The number of nitrogens with one attached hydrogen (secondary N) is 1. The molecule has 0 amide bonds. The van der Waals surface area contributed by atoms with Gasteiger partial charge in [-0.25, -0.2) is 0 Å². The lowest BCUT2D eigenvalue weighted by Gasteiger charge is -2.15. The van der Waals surface area contributed by atoms with Gasteiger partial charge in [-0.05, 0) is 37.6 Å². The van der Waals surface area contributed by atoms with E-state index in [4.69, 9.17) is 5.73 Å². The Morgan fingerprint density at radius 2 is 1.80 bits per heavy atom. The molecule has 1 aromatic carbocycles. The van der Waals surface area contributed by atoms with Crippen molar-refractivity contribution in [1.82, 2.24) is 4.90 Å². The molecule has 0 spiro atoms. The summed E-state index contributed by atoms with van der Waals surface area (Å²) < 4.78 is 0. The van der Waals surface area contributed by atoms with Crippen LogP contribution in [0.2, 0.25) is 0 Å². The van der Waals surface area contributed by atoms with Crippen LogP contribution in [-0.2, 0) is 12.8 Å². The SMILES string of the molecule is CCc1cccc(CC)c1NC(N)=NCCN(C)CC. The fourth-order valence-electron chi connectivity index (χ4n) is 2.07. The molecule has 0 saturated heterocycles. The Bertz CT molecular complexity index is 418. The highest BCUT2D eigenvalue weighted by molar-refractivity contribution is 5.93. The van der Waals surface area contributed by atoms with E-state index in [0.717, 1.165) is 38.2 Å². The molecule has 0 unspecified atom stereocenters. The van der Waals surface area contributed by atoms with Crippen LogP contribution in [0.1, 0.15) is 31.9 Å². The van der Waals surface area contributed by atoms with E-state index < -0.39 is 0 Å². The van der Waals surface area contributed by atoms with Crippen LogP contribution in [0.4, 0.5) is 5.69 Å². The minimum absolute atomic E-state index is 0.505. The lowest BCUT2D eigenvalue weighted by molar-refractivity contribution is 0.363. The third-order valence-electron chi connectivity index (χ3n) is 3.56. The maximum Gasteiger partial charge on any atom is 0.193 e. The number of anilines is 1. The molecule has 0 aliphatic rings. The van der Waals surface area contributed by atoms with Gasteiger partial charge < -0.3 is 16.0 Å². The molecular weight excluding hydrogens is 248 g/mol. The van der Waals surface area contributed by atoms with E-state index in [1.807, 2.05) is 0 Å². The second-order valence-corrected chi connectivity index (χ2v) is 4.95. The second kappa shape index (κ2) is 8.59. The molecule has 0 aliphatic heterocycles. The lowest BCUT2D eigenvalue weighted by atomic mass is 10.0. The first-order chi connectivity index (χ1) is 9.62. The third-order valence-corrected chi connectivity index (χ3v) is 3.56. The molecule has 0 bridgehead atoms. The number of hydrogen-bond donors (Lipinski definition) is 2. The lowest BCUT2D eigenvalue weighted by Crippen LogP contribution is -2.27. The Morgan fingerprint density at radius 3 is 2.30 bits per heavy atom. The molecule has 1 aromatic rings. The van der Waals surface area contributed by atoms with E-state index in [2.05, 4.69) is 61.2 Å². The van der Waals surface area contributed by atoms with E-state index in [1.165, 1.54) is 11.1 Å². The van der Waals surface area contributed by atoms with Crippen LogP contribution in [0.5, 0.6) is 0 Å². The average molecular weight is 276 g/mol. The number of guanidine groups is 1. The molecule has 0 fully saturated rings. The molecule has 3 N–H and O–H groups in total. The molecule has 1 rings (SSSR count). The summed E-state index contributed by atoms with van der Waals surface area (Å²) in [6, 6.07) is 6.38. The molecule has 20 heavy (non-hydrogen) atoms. The van der Waals surface area contributed by atoms with E-state index in [0.29, 0.717) is 5.96 Å². The Hall–Kier alpha value is -1.55. The van der Waals surface area contributed by atoms with Gasteiger partial charge in [-0.15, -0.1) is 0 Å². The van der Waals surface area contributed by atoms with E-state index in [9.17, 15) is 0 Å². The molecule has 4 heteroatoms. The highest BCUT2D eigenvalue weighted by Crippen LogP contribution is 2.22. The van der Waals surface area contributed by atoms with Crippen molar-refractivity contribution in [2.45, 2.75) is 33.6 Å². The quantitative estimate of drug-likeness (QED) is 0.594. The van der Waals surface area contributed by atoms with Crippen LogP contribution in [0, 0.1) is 0 Å². The minimum atomic E-state index is 0.505. The van der Waals surface area contributed by atoms with Gasteiger partial charge in [0.05, 0.1) is 6.54 Å². The van der Waals surface area contributed by atoms with Crippen LogP contribution in [0.3, 0.4) is 0 Å². The predicted molar refractivity (Wildman–Crippen MR) is 88.5 cm³/mol. The summed E-state index contributed by atoms with van der Waals surface area (Å²) in [5.41, 5.74) is 9.70. The second-order valence-electron chi connectivity index (χ2n) is 4.95. The molecule has 0 saturated carbocycles. The van der Waals surface area contributed by atoms with Crippen LogP contribution < -0.4 is 11.1 Å². The maximum atomic E-state index is 6.00. The Morgan fingerprint density at radius 1 is 1.20 bits per heavy atom. The molecule has 0 atom stereocenters. The monoisotopic (exact) mass is 276 g/mol. The Labute approximate surface area is 123 Å². The van der Waals surface area contributed by atoms with Gasteiger partial charge in [0.25, 0.3) is 0 Å². The third kappa shape index (κ3) is 4.85. The van der Waals surface area contributed by atoms with E-state index in [1.54, 1.807) is 0 Å². The summed E-state index contributed by atoms with van der Waals surface area (Å²) in [4.78, 5) is 6.62. The van der Waals surface area contributed by atoms with Crippen LogP contribution in [0.25, 0.3) is 0 Å². The number of nitrogens with two attached hydrogens (primary N) is 1. The highest BCUT2D eigenvalue weighted by Gasteiger charge is 2.06. The van der Waals surface area contributed by atoms with Crippen molar-refractivity contribution in [3.05, 3.63) is 29.3 Å². The molecule has 4 nitrogen and oxygen atoms in total. The number of aryl methyl sites for hydroxylation is 2. The van der Waals surface area contributed by atoms with Gasteiger partial charge >= 0.3 is 0 Å². The van der Waals surface area contributed by atoms with Crippen LogP contribution in [0.15, 0.2) is 23.2 Å². The number of likely N-dealkylation sites (N-methyl/N-ethyl adjacent to an activating group) is 1. The fraction of sp³-hybridized carbons (Fsp3) is 0.562. The summed E-state index contributed by atoms with van der Waals surface area (Å²) in [6.45, 7) is 9.12. The van der Waals surface area contributed by atoms with Crippen molar-refractivity contribution in [3.63, 3.8) is 0 Å². The van der Waals surface area contributed by atoms with E-state index >= 15 is 0 Å². The summed E-state index contributed by atoms with van der Waals surface area (Å²) in [7, 11) is 2.08. The Kier molecular flexibility index (Phi) is 7.09. The number of para-hydroxylation sites is 1. The smallest absolute Gasteiger partial charge is 0.193 e. The summed E-state index contributed by atoms with van der Waals surface area (Å²) >= 11 is 0. The summed E-state index contributed by atoms with van der Waals surface area (Å²) in [5, 5.41) is 3.28. The molecule has 0 heterocycles. The first-order valence-corrected chi connectivity index (χ1v) is 7.48. The van der Waals surface area contributed by atoms with E-state index in [-0.39, 0.29) is 0 Å². The zero-order valence-corrected chi connectivity index (χ0v) is 13.2. The molecular formula is C16H28N4. The van der Waals surface area contributed by atoms with Gasteiger partial charge in [0.2, 0.25) is 0 Å². The van der Waals surface area contributed by atoms with Crippen LogP contribution >= 0.6 is 0 Å². The number of rotatable bonds is 7. The molecule has 0 radical (unpaired) electrons. The first-order valence-electron chi connectivity index (χ1n) is 7.48. The number of hydrogen-bond acceptors (Lipinski definition) is 2. The van der Waals surface area contributed by atoms with Crippen LogP contribution in [-0.4, -0.2) is 37.5 Å². The zero-order chi connectivity index (χ0) is 15.0. The molecule has 0 aromatic heterocycles. The fourth-order valence-corrected chi connectivity index (χ4v) is 2.07. The number of benzene rings is 1. The highest BCUT2D eigenvalue weighted by atomic mass is 15.1. The topological polar surface area (TPSA) is 53.6 Å². The number of aliphatic imine (C=N–C) groups is 1. The van der Waals surface area contributed by atoms with Crippen molar-refractivity contribution < 1.29 is 0 Å². The number of nitrogens with zero attached hydrogens (tertiary/aromatic N) is 2. The Balaban J connectivity index is 2.74. The van der Waals surface area contributed by atoms with Crippen molar-refractivity contribution >= 4 is 11.6 Å². The van der Waals surface area contributed by atoms with Gasteiger partial charge in [-0.3, -0.25) is 4.99 Å². The largest absolute Gasteiger partial charge is 0.370 e. The normalized spacial score (nSPS) is 11.9. The predicted octanol–water partition coefficient (Wildman–Crippen LogP) is 2.49. The first kappa shape index (κ1) is 16.5. The maximum absolute atomic E-state index is 6.00. The van der Waals surface area contributed by atoms with Gasteiger partial charge in [-0.2, -0.15) is 0 Å². The van der Waals surface area contributed by atoms with Gasteiger partial charge in [0, 0.05) is 12.2 Å². The van der Waals surface area contributed by atoms with Gasteiger partial charge in [0.1, 0.15) is 0 Å². The van der Waals surface area contributed by atoms with Crippen molar-refractivity contribution in [1.29, 1.82) is 0 Å². The summed E-state index contributed by atoms with van der Waals surface area (Å²) in [6.07, 6.45) is 1.98. The average Bonchev–Trinajstić information content (AvgIpc) is 2.47. The zero-order valence-electron chi connectivity index (χ0n) is 13.2. The molecule has 112 valence electrons. The van der Waals surface area contributed by atoms with Crippen molar-refractivity contribution in [3.8, 4) is 0 Å². The standard InChI is InChI=1S/C16H28N4/c1-5-13-9-8-10-14(6-2)15(13)19-16(17)18-11-12-20(4)7-3/h8-10H,5-7,11-12H2,1-4H3,(H3,17,18,19). The minimum Gasteiger partial charge on any atom is -0.370 e. The molecule has 0 aliphatic carbocycles. The van der Waals surface area contributed by atoms with Crippen molar-refractivity contribution in [2.75, 3.05) is 32.0 Å². The van der Waals surface area contributed by atoms with Gasteiger partial charge in [-0.1, -0.05) is 39.0 Å². The summed E-state index contributed by atoms with van der Waals surface area (Å²) in [5.74, 6) is 0.505. The van der Waals surface area contributed by atoms with Gasteiger partial charge in [0.15, 0.2) is 5.96 Å². The van der Waals surface area contributed by atoms with Crippen molar-refractivity contribution in [2.24, 2.45) is 10.7 Å².